The van der Waals surface area contributed by atoms with Gasteiger partial charge in [-0.2, -0.15) is 0 Å². The molecule has 0 amide bonds. The number of aryl methyl sites for hydroxylation is 1. The number of hydrogen-bond acceptors (Lipinski definition) is 4. The van der Waals surface area contributed by atoms with Crippen molar-refractivity contribution < 1.29 is 0 Å². The van der Waals surface area contributed by atoms with E-state index in [1.54, 1.807) is 16.7 Å². The van der Waals surface area contributed by atoms with Crippen molar-refractivity contribution in [1.82, 2.24) is 19.6 Å². The standard InChI is InChI=1S/C14H18N4O.ClH/c1-10-4-3-5-18-13(19)6-11(16-14(10)18)9-17(2)12-7-15-8-12;/h3-6,12,15H,7-9H2,1-2H3;1H. The second kappa shape index (κ2) is 5.91. The molecule has 0 aliphatic carbocycles. The zero-order valence-electron chi connectivity index (χ0n) is 11.7. The Hall–Kier alpha value is -1.43. The molecular weight excluding hydrogens is 276 g/mol. The molecule has 3 heterocycles. The maximum atomic E-state index is 12.1. The number of nitrogens with one attached hydrogen (secondary N) is 1. The third-order valence-corrected chi connectivity index (χ3v) is 3.73. The van der Waals surface area contributed by atoms with Crippen LogP contribution in [0.2, 0.25) is 0 Å². The van der Waals surface area contributed by atoms with Crippen LogP contribution in [0.25, 0.3) is 5.65 Å². The molecule has 108 valence electrons. The van der Waals surface area contributed by atoms with E-state index >= 15 is 0 Å². The van der Waals surface area contributed by atoms with E-state index in [0.717, 1.165) is 30.0 Å². The van der Waals surface area contributed by atoms with Crippen LogP contribution >= 0.6 is 12.4 Å². The smallest absolute Gasteiger partial charge is 0.258 e. The van der Waals surface area contributed by atoms with E-state index in [0.29, 0.717) is 12.6 Å². The van der Waals surface area contributed by atoms with Crippen molar-refractivity contribution in [2.45, 2.75) is 19.5 Å². The van der Waals surface area contributed by atoms with Crippen LogP contribution in [0.5, 0.6) is 0 Å². The Morgan fingerprint density at radius 1 is 1.50 bits per heavy atom. The van der Waals surface area contributed by atoms with Crippen molar-refractivity contribution in [3.8, 4) is 0 Å². The van der Waals surface area contributed by atoms with Crippen molar-refractivity contribution in [3.05, 3.63) is 46.0 Å². The second-order valence-electron chi connectivity index (χ2n) is 5.20. The van der Waals surface area contributed by atoms with Crippen LogP contribution in [0.15, 0.2) is 29.2 Å². The summed E-state index contributed by atoms with van der Waals surface area (Å²) in [6.07, 6.45) is 1.76. The van der Waals surface area contributed by atoms with Crippen molar-refractivity contribution in [3.63, 3.8) is 0 Å². The molecule has 1 aliphatic rings. The lowest BCUT2D eigenvalue weighted by Crippen LogP contribution is -2.55. The van der Waals surface area contributed by atoms with Crippen molar-refractivity contribution >= 4 is 18.1 Å². The summed E-state index contributed by atoms with van der Waals surface area (Å²) >= 11 is 0. The number of halogens is 1. The fourth-order valence-electron chi connectivity index (χ4n) is 2.36. The summed E-state index contributed by atoms with van der Waals surface area (Å²) in [5.74, 6) is 0. The van der Waals surface area contributed by atoms with E-state index in [-0.39, 0.29) is 18.0 Å². The summed E-state index contributed by atoms with van der Waals surface area (Å²) in [5.41, 5.74) is 2.61. The zero-order valence-corrected chi connectivity index (χ0v) is 12.5. The number of fused-ring (bicyclic) bond motifs is 1. The van der Waals surface area contributed by atoms with E-state index in [2.05, 4.69) is 22.2 Å². The fourth-order valence-corrected chi connectivity index (χ4v) is 2.36. The molecule has 0 radical (unpaired) electrons. The molecule has 1 fully saturated rings. The number of likely N-dealkylation sites (N-methyl/N-ethyl adjacent to an activating group) is 1. The number of pyridine rings is 1. The fraction of sp³-hybridized carbons (Fsp3) is 0.429. The van der Waals surface area contributed by atoms with Gasteiger partial charge in [-0.05, 0) is 25.6 Å². The maximum Gasteiger partial charge on any atom is 0.258 e. The molecule has 0 spiro atoms. The van der Waals surface area contributed by atoms with E-state index in [1.807, 2.05) is 19.1 Å². The van der Waals surface area contributed by atoms with Gasteiger partial charge in [0.05, 0.1) is 5.69 Å². The number of nitrogens with zero attached hydrogens (tertiary/aromatic N) is 3. The van der Waals surface area contributed by atoms with Crippen LogP contribution in [-0.4, -0.2) is 40.5 Å². The number of rotatable bonds is 3. The van der Waals surface area contributed by atoms with Gasteiger partial charge < -0.3 is 5.32 Å². The summed E-state index contributed by atoms with van der Waals surface area (Å²) in [5, 5.41) is 3.25. The van der Waals surface area contributed by atoms with Gasteiger partial charge in [0.15, 0.2) is 0 Å². The first kappa shape index (κ1) is 15.0. The third-order valence-electron chi connectivity index (χ3n) is 3.73. The SMILES string of the molecule is Cc1cccn2c(=O)cc(CN(C)C3CNC3)nc12.Cl. The average molecular weight is 295 g/mol. The van der Waals surface area contributed by atoms with E-state index in [4.69, 9.17) is 0 Å². The molecule has 1 saturated heterocycles. The van der Waals surface area contributed by atoms with Gasteiger partial charge >= 0.3 is 0 Å². The lowest BCUT2D eigenvalue weighted by Gasteiger charge is -2.35. The first-order valence-electron chi connectivity index (χ1n) is 6.54. The van der Waals surface area contributed by atoms with E-state index in [9.17, 15) is 4.79 Å². The Kier molecular flexibility index (Phi) is 4.42. The van der Waals surface area contributed by atoms with Gasteiger partial charge in [-0.15, -0.1) is 12.4 Å². The minimum absolute atomic E-state index is 0. The summed E-state index contributed by atoms with van der Waals surface area (Å²) in [7, 11) is 2.08. The molecular formula is C14H19ClN4O. The van der Waals surface area contributed by atoms with Crippen LogP contribution in [0, 0.1) is 6.92 Å². The molecule has 2 aromatic heterocycles. The summed E-state index contributed by atoms with van der Waals surface area (Å²) < 4.78 is 1.60. The quantitative estimate of drug-likeness (QED) is 0.911. The minimum atomic E-state index is -0.0103. The highest BCUT2D eigenvalue weighted by Gasteiger charge is 2.21. The van der Waals surface area contributed by atoms with Crippen LogP contribution < -0.4 is 10.9 Å². The Labute approximate surface area is 124 Å². The number of aromatic nitrogens is 2. The molecule has 0 aromatic carbocycles. The van der Waals surface area contributed by atoms with Gasteiger partial charge in [0.25, 0.3) is 5.56 Å². The van der Waals surface area contributed by atoms with Gasteiger partial charge in [-0.25, -0.2) is 4.98 Å². The lowest BCUT2D eigenvalue weighted by atomic mass is 10.1. The Morgan fingerprint density at radius 3 is 2.90 bits per heavy atom. The van der Waals surface area contributed by atoms with Gasteiger partial charge in [-0.3, -0.25) is 14.1 Å². The highest BCUT2D eigenvalue weighted by molar-refractivity contribution is 5.85. The van der Waals surface area contributed by atoms with Crippen molar-refractivity contribution in [2.75, 3.05) is 20.1 Å². The minimum Gasteiger partial charge on any atom is -0.314 e. The Morgan fingerprint density at radius 2 is 2.25 bits per heavy atom. The van der Waals surface area contributed by atoms with E-state index < -0.39 is 0 Å². The van der Waals surface area contributed by atoms with Gasteiger partial charge in [0, 0.05) is 37.9 Å². The van der Waals surface area contributed by atoms with Crippen LogP contribution in [-0.2, 0) is 6.54 Å². The first-order chi connectivity index (χ1) is 9.15. The predicted molar refractivity (Wildman–Crippen MR) is 81.6 cm³/mol. The predicted octanol–water partition coefficient (Wildman–Crippen LogP) is 0.828. The third kappa shape index (κ3) is 2.70. The van der Waals surface area contributed by atoms with Gasteiger partial charge in [-0.1, -0.05) is 6.07 Å². The van der Waals surface area contributed by atoms with E-state index in [1.165, 1.54) is 0 Å². The monoisotopic (exact) mass is 294 g/mol. The molecule has 2 aromatic rings. The summed E-state index contributed by atoms with van der Waals surface area (Å²) in [6, 6.07) is 6.04. The van der Waals surface area contributed by atoms with Crippen molar-refractivity contribution in [2.24, 2.45) is 0 Å². The zero-order chi connectivity index (χ0) is 13.4. The molecule has 0 atom stereocenters. The van der Waals surface area contributed by atoms with Crippen LogP contribution in [0.4, 0.5) is 0 Å². The molecule has 5 nitrogen and oxygen atoms in total. The normalized spacial score (nSPS) is 15.2. The second-order valence-corrected chi connectivity index (χ2v) is 5.20. The largest absolute Gasteiger partial charge is 0.314 e. The Balaban J connectivity index is 0.00000147. The molecule has 20 heavy (non-hydrogen) atoms. The molecule has 1 aliphatic heterocycles. The summed E-state index contributed by atoms with van der Waals surface area (Å²) in [6.45, 7) is 4.72. The molecule has 0 unspecified atom stereocenters. The Bertz CT molecular complexity index is 666. The van der Waals surface area contributed by atoms with Gasteiger partial charge in [0.1, 0.15) is 5.65 Å². The highest BCUT2D eigenvalue weighted by atomic mass is 35.5. The maximum absolute atomic E-state index is 12.1. The van der Waals surface area contributed by atoms with Crippen molar-refractivity contribution in [1.29, 1.82) is 0 Å². The first-order valence-corrected chi connectivity index (χ1v) is 6.54. The molecule has 1 N–H and O–H groups in total. The summed E-state index contributed by atoms with van der Waals surface area (Å²) in [4.78, 5) is 18.9. The topological polar surface area (TPSA) is 49.6 Å². The molecule has 0 bridgehead atoms. The molecule has 3 rings (SSSR count). The highest BCUT2D eigenvalue weighted by Crippen LogP contribution is 2.09. The van der Waals surface area contributed by atoms with Crippen LogP contribution in [0.3, 0.4) is 0 Å². The molecule has 6 heteroatoms. The molecule has 0 saturated carbocycles. The number of hydrogen-bond donors (Lipinski definition) is 1. The lowest BCUT2D eigenvalue weighted by molar-refractivity contribution is 0.171. The van der Waals surface area contributed by atoms with Gasteiger partial charge in [0.2, 0.25) is 0 Å². The average Bonchev–Trinajstić information content (AvgIpc) is 2.28. The van der Waals surface area contributed by atoms with Crippen LogP contribution in [0.1, 0.15) is 11.3 Å².